The Balaban J connectivity index is 1.79. The van der Waals surface area contributed by atoms with E-state index in [4.69, 9.17) is 0 Å². The van der Waals surface area contributed by atoms with Crippen LogP contribution in [0.25, 0.3) is 16.7 Å². The zero-order valence-electron chi connectivity index (χ0n) is 22.9. The summed E-state index contributed by atoms with van der Waals surface area (Å²) >= 11 is 0. The van der Waals surface area contributed by atoms with Crippen molar-refractivity contribution in [2.75, 3.05) is 11.5 Å². The zero-order chi connectivity index (χ0) is 30.5. The fraction of sp³-hybridized carbons (Fsp3) is 0.481. The number of ether oxygens (including phenoxy) is 1. The van der Waals surface area contributed by atoms with Gasteiger partial charge in [-0.05, 0) is 70.9 Å². The van der Waals surface area contributed by atoms with E-state index in [2.05, 4.69) is 10.1 Å². The first-order valence-corrected chi connectivity index (χ1v) is 14.7. The zero-order valence-corrected chi connectivity index (χ0v) is 23.7. The number of rotatable bonds is 8. The normalized spacial score (nSPS) is 18.7. The number of halogens is 4. The summed E-state index contributed by atoms with van der Waals surface area (Å²) in [5.41, 5.74) is -2.00. The molecule has 1 aliphatic rings. The highest BCUT2D eigenvalue weighted by atomic mass is 32.3. The van der Waals surface area contributed by atoms with Crippen molar-refractivity contribution in [3.63, 3.8) is 0 Å². The van der Waals surface area contributed by atoms with Crippen molar-refractivity contribution in [2.45, 2.75) is 70.3 Å². The molecule has 1 saturated heterocycles. The Morgan fingerprint density at radius 3 is 2.32 bits per heavy atom. The predicted molar refractivity (Wildman–Crippen MR) is 148 cm³/mol. The van der Waals surface area contributed by atoms with E-state index in [1.54, 1.807) is 6.92 Å². The number of aliphatic hydroxyl groups is 1. The lowest BCUT2D eigenvalue weighted by Gasteiger charge is -2.44. The maximum Gasteiger partial charge on any atom is 0.461 e. The Hall–Kier alpha value is -3.07. The molecule has 1 unspecified atom stereocenters. The molecule has 1 amide bonds. The van der Waals surface area contributed by atoms with Crippen LogP contribution in [0.1, 0.15) is 56.9 Å². The molecule has 4 rings (SSSR count). The molecular weight excluding hydrogens is 570 g/mol. The largest absolute Gasteiger partial charge is 0.461 e. The van der Waals surface area contributed by atoms with Gasteiger partial charge in [0, 0.05) is 28.7 Å². The van der Waals surface area contributed by atoms with Gasteiger partial charge in [0.1, 0.15) is 5.75 Å². The first kappa shape index (κ1) is 30.9. The number of nitrogens with one attached hydrogen (secondary N) is 1. The molecule has 3 aromatic rings. The van der Waals surface area contributed by atoms with Crippen molar-refractivity contribution in [1.29, 1.82) is 0 Å². The third kappa shape index (κ3) is 6.40. The summed E-state index contributed by atoms with van der Waals surface area (Å²) in [4.78, 5) is 27.0. The van der Waals surface area contributed by atoms with Crippen LogP contribution in [-0.4, -0.2) is 64.4 Å². The Bertz CT molecular complexity index is 1500. The summed E-state index contributed by atoms with van der Waals surface area (Å²) in [6.07, 6.45) is -8.09. The van der Waals surface area contributed by atoms with Crippen molar-refractivity contribution in [1.82, 2.24) is 14.5 Å². The molecule has 0 aliphatic carbocycles. The number of alkyl halides is 4. The van der Waals surface area contributed by atoms with Crippen LogP contribution in [0, 0.1) is 0 Å². The molecule has 4 N–H and O–H groups in total. The van der Waals surface area contributed by atoms with Crippen LogP contribution < -0.4 is 15.7 Å². The molecule has 0 bridgehead atoms. The smallest absolute Gasteiger partial charge is 0.428 e. The molecule has 226 valence electrons. The van der Waals surface area contributed by atoms with E-state index in [-0.39, 0.29) is 33.8 Å². The van der Waals surface area contributed by atoms with Gasteiger partial charge in [-0.1, -0.05) is 6.07 Å². The Kier molecular flexibility index (Phi) is 8.02. The molecule has 0 radical (unpaired) electrons. The second kappa shape index (κ2) is 10.6. The third-order valence-corrected chi connectivity index (χ3v) is 9.22. The first-order chi connectivity index (χ1) is 18.8. The lowest BCUT2D eigenvalue weighted by molar-refractivity contribution is -0.253. The third-order valence-electron chi connectivity index (χ3n) is 7.51. The van der Waals surface area contributed by atoms with Crippen LogP contribution in [0.15, 0.2) is 47.3 Å². The van der Waals surface area contributed by atoms with Crippen LogP contribution in [0.3, 0.4) is 0 Å². The molecule has 2 heterocycles. The van der Waals surface area contributed by atoms with Crippen LogP contribution in [0.5, 0.6) is 5.75 Å². The number of carbonyl (C=O) groups excluding carboxylic acids is 1. The van der Waals surface area contributed by atoms with Crippen molar-refractivity contribution in [3.8, 4) is 11.4 Å². The second-order valence-electron chi connectivity index (χ2n) is 11.2. The van der Waals surface area contributed by atoms with Gasteiger partial charge in [-0.2, -0.15) is 28.2 Å². The molecule has 1 atom stereocenters. The minimum atomic E-state index is -4.75. The van der Waals surface area contributed by atoms with Gasteiger partial charge in [-0.15, -0.1) is 0 Å². The maximum absolute atomic E-state index is 13.8. The SMILES string of the molecule is CC(n1c(=O)n(-c2cccc(OC(F)(F)C(F)F)c2)c2ccc(C(=O)NC3(C)CCS(O)(O)CC3)cc21)C(C)(C)O. The summed E-state index contributed by atoms with van der Waals surface area (Å²) in [6, 6.07) is 8.35. The standard InChI is InChI=1S/C27H33F4N3O6S/c1-16(25(2,3)37)33-21-14-17(22(35)32-26(4)10-12-41(38,39)13-11-26)8-9-20(21)34(24(33)36)18-6-5-7-19(15-18)40-27(30,31)23(28)29/h5-9,14-16,23,37-39H,10-13H2,1-4H3,(H,32,35). The van der Waals surface area contributed by atoms with Crippen molar-refractivity contribution < 1.29 is 41.3 Å². The van der Waals surface area contributed by atoms with Crippen molar-refractivity contribution >= 4 is 27.5 Å². The van der Waals surface area contributed by atoms with Gasteiger partial charge in [0.2, 0.25) is 0 Å². The van der Waals surface area contributed by atoms with E-state index in [1.807, 2.05) is 6.92 Å². The van der Waals surface area contributed by atoms with Gasteiger partial charge in [-0.3, -0.25) is 23.0 Å². The van der Waals surface area contributed by atoms with Crippen LogP contribution in [0.2, 0.25) is 0 Å². The number of fused-ring (bicyclic) bond motifs is 1. The Labute approximate surface area is 235 Å². The summed E-state index contributed by atoms with van der Waals surface area (Å²) in [5, 5.41) is 13.7. The number of carbonyl (C=O) groups is 1. The highest BCUT2D eigenvalue weighted by molar-refractivity contribution is 8.24. The van der Waals surface area contributed by atoms with Gasteiger partial charge in [0.05, 0.1) is 28.4 Å². The van der Waals surface area contributed by atoms with Gasteiger partial charge in [0.15, 0.2) is 0 Å². The number of amides is 1. The van der Waals surface area contributed by atoms with Crippen molar-refractivity contribution in [3.05, 3.63) is 58.5 Å². The molecular formula is C27H33F4N3O6S. The number of hydrogen-bond acceptors (Lipinski definition) is 6. The van der Waals surface area contributed by atoms with E-state index in [1.165, 1.54) is 48.7 Å². The van der Waals surface area contributed by atoms with Gasteiger partial charge < -0.3 is 15.2 Å². The number of imidazole rings is 1. The molecule has 0 saturated carbocycles. The summed E-state index contributed by atoms with van der Waals surface area (Å²) < 4.78 is 79.0. The quantitative estimate of drug-likeness (QED) is 0.256. The monoisotopic (exact) mass is 603 g/mol. The lowest BCUT2D eigenvalue weighted by Crippen LogP contribution is -2.50. The molecule has 1 fully saturated rings. The van der Waals surface area contributed by atoms with Crippen molar-refractivity contribution in [2.24, 2.45) is 0 Å². The van der Waals surface area contributed by atoms with E-state index >= 15 is 0 Å². The maximum atomic E-state index is 13.8. The minimum absolute atomic E-state index is 0.0372. The first-order valence-electron chi connectivity index (χ1n) is 12.8. The topological polar surface area (TPSA) is 126 Å². The average Bonchev–Trinajstić information content (AvgIpc) is 3.15. The van der Waals surface area contributed by atoms with Crippen LogP contribution >= 0.6 is 10.6 Å². The van der Waals surface area contributed by atoms with E-state index in [0.29, 0.717) is 12.8 Å². The number of nitrogens with zero attached hydrogens (tertiary/aromatic N) is 2. The number of hydrogen-bond donors (Lipinski definition) is 4. The molecule has 2 aromatic carbocycles. The molecule has 0 spiro atoms. The van der Waals surface area contributed by atoms with Gasteiger partial charge >= 0.3 is 18.2 Å². The van der Waals surface area contributed by atoms with E-state index in [9.17, 15) is 41.4 Å². The second-order valence-corrected chi connectivity index (χ2v) is 13.6. The molecule has 1 aromatic heterocycles. The lowest BCUT2D eigenvalue weighted by atomic mass is 9.94. The highest BCUT2D eigenvalue weighted by Crippen LogP contribution is 2.47. The molecule has 9 nitrogen and oxygen atoms in total. The molecule has 1 aliphatic heterocycles. The molecule has 14 heteroatoms. The Morgan fingerprint density at radius 2 is 1.73 bits per heavy atom. The summed E-state index contributed by atoms with van der Waals surface area (Å²) in [5.74, 6) is -0.717. The van der Waals surface area contributed by atoms with Crippen LogP contribution in [0.4, 0.5) is 17.6 Å². The molecule has 41 heavy (non-hydrogen) atoms. The predicted octanol–water partition coefficient (Wildman–Crippen LogP) is 5.39. The highest BCUT2D eigenvalue weighted by Gasteiger charge is 2.44. The number of aromatic nitrogens is 2. The average molecular weight is 604 g/mol. The van der Waals surface area contributed by atoms with Crippen LogP contribution in [-0.2, 0) is 0 Å². The summed E-state index contributed by atoms with van der Waals surface area (Å²) in [6.45, 7) is 6.41. The Morgan fingerprint density at radius 1 is 1.10 bits per heavy atom. The summed E-state index contributed by atoms with van der Waals surface area (Å²) in [7, 11) is -2.66. The van der Waals surface area contributed by atoms with Gasteiger partial charge in [0.25, 0.3) is 5.91 Å². The van der Waals surface area contributed by atoms with E-state index < -0.39 is 57.7 Å². The van der Waals surface area contributed by atoms with Gasteiger partial charge in [-0.25, -0.2) is 4.79 Å². The number of benzene rings is 2. The fourth-order valence-corrected chi connectivity index (χ4v) is 6.42. The minimum Gasteiger partial charge on any atom is -0.428 e. The van der Waals surface area contributed by atoms with E-state index in [0.717, 1.165) is 16.7 Å². The fourth-order valence-electron chi connectivity index (χ4n) is 4.66.